The van der Waals surface area contributed by atoms with E-state index in [-0.39, 0.29) is 18.0 Å². The Hall–Kier alpha value is -3.35. The highest BCUT2D eigenvalue weighted by atomic mass is 16.2. The van der Waals surface area contributed by atoms with E-state index in [0.29, 0.717) is 12.2 Å². The van der Waals surface area contributed by atoms with Gasteiger partial charge in [0.25, 0.3) is 5.91 Å². The first kappa shape index (κ1) is 21.9. The van der Waals surface area contributed by atoms with Gasteiger partial charge in [-0.25, -0.2) is 14.7 Å². The Balaban J connectivity index is 1.67. The van der Waals surface area contributed by atoms with Gasteiger partial charge in [-0.05, 0) is 69.5 Å². The fourth-order valence-electron chi connectivity index (χ4n) is 4.34. The number of benzene rings is 1. The van der Waals surface area contributed by atoms with E-state index < -0.39 is 5.54 Å². The van der Waals surface area contributed by atoms with Crippen LogP contribution in [0.15, 0.2) is 42.7 Å². The lowest BCUT2D eigenvalue weighted by molar-refractivity contribution is -0.123. The van der Waals surface area contributed by atoms with Crippen LogP contribution in [0.1, 0.15) is 45.7 Å². The van der Waals surface area contributed by atoms with Crippen LogP contribution in [0.4, 0.5) is 16.3 Å². The van der Waals surface area contributed by atoms with Crippen molar-refractivity contribution in [2.45, 2.75) is 59.2 Å². The molecule has 0 aliphatic carbocycles. The van der Waals surface area contributed by atoms with Crippen LogP contribution in [0.5, 0.6) is 0 Å². The third kappa shape index (κ3) is 3.61. The number of hydrogen-bond acceptors (Lipinski definition) is 4. The second-order valence-corrected chi connectivity index (χ2v) is 9.24. The van der Waals surface area contributed by atoms with Crippen molar-refractivity contribution in [2.75, 3.05) is 10.2 Å². The Kier molecular flexibility index (Phi) is 5.44. The molecule has 7 heteroatoms. The average Bonchev–Trinajstić information content (AvgIpc) is 3.14. The van der Waals surface area contributed by atoms with E-state index in [9.17, 15) is 9.59 Å². The van der Waals surface area contributed by atoms with Gasteiger partial charge < -0.3 is 14.8 Å². The van der Waals surface area contributed by atoms with E-state index >= 15 is 0 Å². The molecule has 0 spiro atoms. The highest BCUT2D eigenvalue weighted by molar-refractivity contribution is 6.23. The second kappa shape index (κ2) is 7.97. The molecule has 1 saturated heterocycles. The maximum absolute atomic E-state index is 13.5. The predicted octanol–water partition coefficient (Wildman–Crippen LogP) is 4.70. The fourth-order valence-corrected chi connectivity index (χ4v) is 4.34. The fraction of sp³-hybridized carbons (Fsp3) is 0.400. The molecule has 1 aliphatic heterocycles. The molecule has 1 aliphatic rings. The Bertz CT molecular complexity index is 1190. The molecule has 0 bridgehead atoms. The van der Waals surface area contributed by atoms with Crippen LogP contribution in [0, 0.1) is 0 Å². The van der Waals surface area contributed by atoms with E-state index in [1.807, 2.05) is 55.8 Å². The summed E-state index contributed by atoms with van der Waals surface area (Å²) in [5.41, 5.74) is 2.82. The number of hydrogen-bond donors (Lipinski definition) is 1. The van der Waals surface area contributed by atoms with Gasteiger partial charge in [0.05, 0.1) is 11.2 Å². The zero-order chi connectivity index (χ0) is 23.2. The van der Waals surface area contributed by atoms with Gasteiger partial charge in [-0.3, -0.25) is 4.79 Å². The molecule has 168 valence electrons. The highest BCUT2D eigenvalue weighted by Gasteiger charge is 2.51. The Morgan fingerprint density at radius 2 is 1.88 bits per heavy atom. The first-order valence-corrected chi connectivity index (χ1v) is 11.1. The SMILES string of the molecule is CCc1cn(C)c2cc(N3C(=O)N(Cc4ccnc(NC(C)C)c4)C(C)(C)C3=O)ccc12. The number of imide groups is 1. The molecular formula is C25H31N5O2. The Morgan fingerprint density at radius 3 is 2.56 bits per heavy atom. The lowest BCUT2D eigenvalue weighted by atomic mass is 10.0. The standard InChI is InChI=1S/C25H31N5O2/c1-7-18-15-28(6)21-13-19(8-9-20(18)21)30-23(31)25(4,5)29(24(30)32)14-17-10-11-26-22(12-17)27-16(2)3/h8-13,15-16H,7,14H2,1-6H3,(H,26,27). The summed E-state index contributed by atoms with van der Waals surface area (Å²) in [5, 5.41) is 4.43. The minimum Gasteiger partial charge on any atom is -0.368 e. The summed E-state index contributed by atoms with van der Waals surface area (Å²) in [6, 6.07) is 9.56. The highest BCUT2D eigenvalue weighted by Crippen LogP contribution is 2.35. The summed E-state index contributed by atoms with van der Waals surface area (Å²) >= 11 is 0. The molecule has 7 nitrogen and oxygen atoms in total. The lowest BCUT2D eigenvalue weighted by Crippen LogP contribution is -2.43. The van der Waals surface area contributed by atoms with E-state index in [0.717, 1.165) is 28.7 Å². The molecule has 3 aromatic rings. The van der Waals surface area contributed by atoms with Crippen molar-refractivity contribution in [1.82, 2.24) is 14.5 Å². The van der Waals surface area contributed by atoms with Gasteiger partial charge in [0.1, 0.15) is 11.4 Å². The first-order chi connectivity index (χ1) is 15.1. The number of nitrogens with zero attached hydrogens (tertiary/aromatic N) is 4. The van der Waals surface area contributed by atoms with Gasteiger partial charge in [0.2, 0.25) is 0 Å². The molecule has 3 amide bonds. The van der Waals surface area contributed by atoms with Crippen molar-refractivity contribution in [3.8, 4) is 0 Å². The number of pyridine rings is 1. The van der Waals surface area contributed by atoms with Crippen LogP contribution in [0.3, 0.4) is 0 Å². The molecule has 3 heterocycles. The molecular weight excluding hydrogens is 402 g/mol. The minimum atomic E-state index is -0.955. The minimum absolute atomic E-state index is 0.221. The monoisotopic (exact) mass is 433 g/mol. The Labute approximate surface area is 189 Å². The van der Waals surface area contributed by atoms with Gasteiger partial charge in [0.15, 0.2) is 0 Å². The third-order valence-corrected chi connectivity index (χ3v) is 6.12. The molecule has 1 fully saturated rings. The van der Waals surface area contributed by atoms with Crippen molar-refractivity contribution >= 4 is 34.3 Å². The number of anilines is 2. The number of carbonyl (C=O) groups is 2. The molecule has 0 radical (unpaired) electrons. The smallest absolute Gasteiger partial charge is 0.332 e. The van der Waals surface area contributed by atoms with E-state index in [1.165, 1.54) is 10.5 Å². The molecule has 1 N–H and O–H groups in total. The number of fused-ring (bicyclic) bond motifs is 1. The molecule has 4 rings (SSSR count). The largest absolute Gasteiger partial charge is 0.368 e. The van der Waals surface area contributed by atoms with Gasteiger partial charge in [-0.15, -0.1) is 0 Å². The average molecular weight is 434 g/mol. The van der Waals surface area contributed by atoms with Crippen molar-refractivity contribution in [1.29, 1.82) is 0 Å². The van der Waals surface area contributed by atoms with Gasteiger partial charge >= 0.3 is 6.03 Å². The summed E-state index contributed by atoms with van der Waals surface area (Å²) in [7, 11) is 1.99. The van der Waals surface area contributed by atoms with Gasteiger partial charge in [-0.1, -0.05) is 13.0 Å². The summed E-state index contributed by atoms with van der Waals surface area (Å²) in [4.78, 5) is 34.1. The lowest BCUT2D eigenvalue weighted by Gasteiger charge is -2.27. The maximum Gasteiger partial charge on any atom is 0.332 e. The number of nitrogens with one attached hydrogen (secondary N) is 1. The van der Waals surface area contributed by atoms with Crippen LogP contribution in [-0.2, 0) is 24.8 Å². The molecule has 0 saturated carbocycles. The number of aryl methyl sites for hydroxylation is 2. The van der Waals surface area contributed by atoms with Crippen LogP contribution in [0.25, 0.3) is 10.9 Å². The summed E-state index contributed by atoms with van der Waals surface area (Å²) in [5.74, 6) is 0.535. The van der Waals surface area contributed by atoms with E-state index in [1.54, 1.807) is 24.9 Å². The number of aromatic nitrogens is 2. The third-order valence-electron chi connectivity index (χ3n) is 6.12. The second-order valence-electron chi connectivity index (χ2n) is 9.24. The topological polar surface area (TPSA) is 70.5 Å². The van der Waals surface area contributed by atoms with Crippen molar-refractivity contribution in [3.63, 3.8) is 0 Å². The Morgan fingerprint density at radius 1 is 1.12 bits per heavy atom. The van der Waals surface area contributed by atoms with Crippen LogP contribution >= 0.6 is 0 Å². The molecule has 1 aromatic carbocycles. The van der Waals surface area contributed by atoms with Crippen LogP contribution < -0.4 is 10.2 Å². The van der Waals surface area contributed by atoms with E-state index in [2.05, 4.69) is 23.4 Å². The molecule has 2 aromatic heterocycles. The zero-order valence-electron chi connectivity index (χ0n) is 19.6. The van der Waals surface area contributed by atoms with Crippen molar-refractivity contribution < 1.29 is 9.59 Å². The maximum atomic E-state index is 13.5. The van der Waals surface area contributed by atoms with Gasteiger partial charge in [0, 0.05) is 37.4 Å². The van der Waals surface area contributed by atoms with Crippen LogP contribution in [-0.4, -0.2) is 38.0 Å². The molecule has 0 unspecified atom stereocenters. The van der Waals surface area contributed by atoms with E-state index in [4.69, 9.17) is 0 Å². The van der Waals surface area contributed by atoms with Gasteiger partial charge in [-0.2, -0.15) is 0 Å². The number of carbonyl (C=O) groups excluding carboxylic acids is 2. The number of urea groups is 1. The van der Waals surface area contributed by atoms with Crippen molar-refractivity contribution in [3.05, 3.63) is 53.9 Å². The quantitative estimate of drug-likeness (QED) is 0.572. The summed E-state index contributed by atoms with van der Waals surface area (Å²) in [6.07, 6.45) is 4.75. The number of amides is 3. The first-order valence-electron chi connectivity index (χ1n) is 11.1. The number of rotatable bonds is 6. The van der Waals surface area contributed by atoms with Crippen molar-refractivity contribution in [2.24, 2.45) is 7.05 Å². The molecule has 0 atom stereocenters. The normalized spacial score (nSPS) is 16.0. The van der Waals surface area contributed by atoms with Crippen LogP contribution in [0.2, 0.25) is 0 Å². The molecule has 32 heavy (non-hydrogen) atoms. The predicted molar refractivity (Wildman–Crippen MR) is 128 cm³/mol. The summed E-state index contributed by atoms with van der Waals surface area (Å²) in [6.45, 7) is 10.2. The summed E-state index contributed by atoms with van der Waals surface area (Å²) < 4.78 is 2.05. The zero-order valence-corrected chi connectivity index (χ0v) is 19.6.